The highest BCUT2D eigenvalue weighted by atomic mass is 32.1. The van der Waals surface area contributed by atoms with Crippen molar-refractivity contribution in [3.05, 3.63) is 99.0 Å². The van der Waals surface area contributed by atoms with Gasteiger partial charge in [-0.15, -0.1) is 0 Å². The van der Waals surface area contributed by atoms with E-state index in [0.717, 1.165) is 17.7 Å². The molecule has 4 rings (SSSR count). The van der Waals surface area contributed by atoms with Gasteiger partial charge < -0.3 is 10.3 Å². The van der Waals surface area contributed by atoms with Gasteiger partial charge in [0.15, 0.2) is 4.77 Å². The number of hydrogen-bond acceptors (Lipinski definition) is 3. The van der Waals surface area contributed by atoms with Gasteiger partial charge in [-0.05, 0) is 66.7 Å². The Morgan fingerprint density at radius 3 is 2.59 bits per heavy atom. The molecule has 2 N–H and O–H groups in total. The van der Waals surface area contributed by atoms with Gasteiger partial charge in [0.05, 0.1) is 16.6 Å². The summed E-state index contributed by atoms with van der Waals surface area (Å²) in [5.74, 6) is -0.244. The Morgan fingerprint density at radius 1 is 1.03 bits per heavy atom. The summed E-state index contributed by atoms with van der Waals surface area (Å²) >= 11 is 5.40. The van der Waals surface area contributed by atoms with Gasteiger partial charge in [-0.1, -0.05) is 37.3 Å². The van der Waals surface area contributed by atoms with Crippen LogP contribution in [0.4, 0.5) is 5.69 Å². The standard InChI is InChI=1S/C23H19N3O2S/c1-2-15-7-6-8-17(13-15)24-21(27)16-11-12-19-20(14-16)25-23(29)26(22(19)28)18-9-4-3-5-10-18/h3-14H,2H2,1H3,(H,24,27)(H,25,29). The minimum absolute atomic E-state index is 0.224. The summed E-state index contributed by atoms with van der Waals surface area (Å²) in [5, 5.41) is 3.37. The molecule has 0 bridgehead atoms. The molecule has 1 amide bonds. The molecule has 29 heavy (non-hydrogen) atoms. The molecule has 4 aromatic rings. The molecule has 0 aliphatic carbocycles. The van der Waals surface area contributed by atoms with Gasteiger partial charge in [0.1, 0.15) is 0 Å². The van der Waals surface area contributed by atoms with E-state index >= 15 is 0 Å². The SMILES string of the molecule is CCc1cccc(NC(=O)c2ccc3c(=O)n(-c4ccccc4)c(=S)[nH]c3c2)c1. The fraction of sp³-hybridized carbons (Fsp3) is 0.0870. The number of rotatable bonds is 4. The van der Waals surface area contributed by atoms with Gasteiger partial charge in [0, 0.05) is 11.3 Å². The smallest absolute Gasteiger partial charge is 0.266 e. The largest absolute Gasteiger partial charge is 0.331 e. The summed E-state index contributed by atoms with van der Waals surface area (Å²) in [6.45, 7) is 2.06. The molecule has 0 fully saturated rings. The van der Waals surface area contributed by atoms with E-state index in [1.807, 2.05) is 54.6 Å². The Hall–Kier alpha value is -3.51. The van der Waals surface area contributed by atoms with Gasteiger partial charge in [-0.25, -0.2) is 0 Å². The molecule has 0 atom stereocenters. The maximum Gasteiger partial charge on any atom is 0.266 e. The average molecular weight is 401 g/mol. The number of fused-ring (bicyclic) bond motifs is 1. The summed E-state index contributed by atoms with van der Waals surface area (Å²) < 4.78 is 1.73. The number of hydrogen-bond donors (Lipinski definition) is 2. The fourth-order valence-corrected chi connectivity index (χ4v) is 3.54. The molecule has 0 unspecified atom stereocenters. The number of H-pyrrole nitrogens is 1. The van der Waals surface area contributed by atoms with Gasteiger partial charge in [-0.2, -0.15) is 0 Å². The van der Waals surface area contributed by atoms with Crippen molar-refractivity contribution in [1.29, 1.82) is 0 Å². The van der Waals surface area contributed by atoms with Crippen LogP contribution in [0.25, 0.3) is 16.6 Å². The highest BCUT2D eigenvalue weighted by Crippen LogP contribution is 2.16. The van der Waals surface area contributed by atoms with Gasteiger partial charge in [-0.3, -0.25) is 14.2 Å². The van der Waals surface area contributed by atoms with Gasteiger partial charge in [0.2, 0.25) is 0 Å². The van der Waals surface area contributed by atoms with Crippen molar-refractivity contribution >= 4 is 34.7 Å². The predicted molar refractivity (Wildman–Crippen MR) is 119 cm³/mol. The van der Waals surface area contributed by atoms with E-state index < -0.39 is 0 Å². The number of nitrogens with one attached hydrogen (secondary N) is 2. The number of aromatic amines is 1. The quantitative estimate of drug-likeness (QED) is 0.480. The molecule has 0 saturated heterocycles. The first-order valence-electron chi connectivity index (χ1n) is 9.31. The molecule has 0 saturated carbocycles. The van der Waals surface area contributed by atoms with Gasteiger partial charge in [0.25, 0.3) is 11.5 Å². The summed E-state index contributed by atoms with van der Waals surface area (Å²) in [7, 11) is 0. The first-order chi connectivity index (χ1) is 14.1. The molecular formula is C23H19N3O2S. The summed E-state index contributed by atoms with van der Waals surface area (Å²) in [6, 6.07) is 21.9. The van der Waals surface area contributed by atoms with Crippen molar-refractivity contribution in [2.45, 2.75) is 13.3 Å². The average Bonchev–Trinajstić information content (AvgIpc) is 2.74. The van der Waals surface area contributed by atoms with Crippen LogP contribution in [0.5, 0.6) is 0 Å². The van der Waals surface area contributed by atoms with Crippen LogP contribution in [0.3, 0.4) is 0 Å². The molecule has 0 aliphatic heterocycles. The van der Waals surface area contributed by atoms with Crippen LogP contribution in [-0.4, -0.2) is 15.5 Å². The van der Waals surface area contributed by atoms with Crippen molar-refractivity contribution in [2.75, 3.05) is 5.32 Å². The molecule has 0 radical (unpaired) electrons. The van der Waals surface area contributed by atoms with E-state index in [-0.39, 0.29) is 16.2 Å². The number of carbonyl (C=O) groups excluding carboxylic acids is 1. The normalized spacial score (nSPS) is 10.8. The van der Waals surface area contributed by atoms with Crippen LogP contribution in [-0.2, 0) is 6.42 Å². The number of benzene rings is 3. The molecule has 5 nitrogen and oxygen atoms in total. The molecule has 3 aromatic carbocycles. The fourth-order valence-electron chi connectivity index (χ4n) is 3.24. The maximum absolute atomic E-state index is 13.0. The number of anilines is 1. The van der Waals surface area contributed by atoms with E-state index in [1.165, 1.54) is 4.57 Å². The summed E-state index contributed by atoms with van der Waals surface area (Å²) in [5.41, 5.74) is 3.33. The Labute approximate surface area is 172 Å². The number of aryl methyl sites for hydroxylation is 1. The molecular weight excluding hydrogens is 382 g/mol. The summed E-state index contributed by atoms with van der Waals surface area (Å²) in [4.78, 5) is 28.7. The van der Waals surface area contributed by atoms with Crippen LogP contribution in [0, 0.1) is 4.77 Å². The van der Waals surface area contributed by atoms with Crippen LogP contribution in [0.1, 0.15) is 22.8 Å². The Balaban J connectivity index is 1.72. The molecule has 1 aromatic heterocycles. The lowest BCUT2D eigenvalue weighted by molar-refractivity contribution is 0.102. The van der Waals surface area contributed by atoms with E-state index in [9.17, 15) is 9.59 Å². The number of carbonyl (C=O) groups is 1. The minimum Gasteiger partial charge on any atom is -0.331 e. The van der Waals surface area contributed by atoms with Crippen LogP contribution in [0.15, 0.2) is 77.6 Å². The lowest BCUT2D eigenvalue weighted by atomic mass is 10.1. The number of nitrogens with zero attached hydrogens (tertiary/aromatic N) is 1. The van der Waals surface area contributed by atoms with E-state index in [4.69, 9.17) is 12.2 Å². The third kappa shape index (κ3) is 3.75. The monoisotopic (exact) mass is 401 g/mol. The van der Waals surface area contributed by atoms with Crippen molar-refractivity contribution in [1.82, 2.24) is 9.55 Å². The first-order valence-corrected chi connectivity index (χ1v) is 9.72. The topological polar surface area (TPSA) is 66.9 Å². The van der Waals surface area contributed by atoms with E-state index in [1.54, 1.807) is 18.2 Å². The van der Waals surface area contributed by atoms with Crippen LogP contribution < -0.4 is 10.9 Å². The minimum atomic E-state index is -0.244. The van der Waals surface area contributed by atoms with Crippen LogP contribution in [0.2, 0.25) is 0 Å². The molecule has 1 heterocycles. The van der Waals surface area contributed by atoms with Gasteiger partial charge >= 0.3 is 0 Å². The maximum atomic E-state index is 13.0. The Kier molecular flexibility index (Phi) is 5.10. The highest BCUT2D eigenvalue weighted by molar-refractivity contribution is 7.71. The van der Waals surface area contributed by atoms with E-state index in [2.05, 4.69) is 17.2 Å². The Bertz CT molecular complexity index is 1320. The van der Waals surface area contributed by atoms with Crippen LogP contribution >= 0.6 is 12.2 Å². The molecule has 0 aliphatic rings. The lowest BCUT2D eigenvalue weighted by Crippen LogP contribution is -2.21. The van der Waals surface area contributed by atoms with E-state index in [0.29, 0.717) is 22.2 Å². The number of amides is 1. The van der Waals surface area contributed by atoms with Crippen molar-refractivity contribution in [3.63, 3.8) is 0 Å². The third-order valence-corrected chi connectivity index (χ3v) is 5.05. The summed E-state index contributed by atoms with van der Waals surface area (Å²) in [6.07, 6.45) is 0.893. The molecule has 144 valence electrons. The van der Waals surface area contributed by atoms with Crippen molar-refractivity contribution in [3.8, 4) is 5.69 Å². The molecule has 6 heteroatoms. The molecule has 0 spiro atoms. The highest BCUT2D eigenvalue weighted by Gasteiger charge is 2.12. The second kappa shape index (κ2) is 7.85. The second-order valence-electron chi connectivity index (χ2n) is 6.67. The third-order valence-electron chi connectivity index (χ3n) is 4.77. The zero-order valence-corrected chi connectivity index (χ0v) is 16.6. The predicted octanol–water partition coefficient (Wildman–Crippen LogP) is 4.86. The zero-order valence-electron chi connectivity index (χ0n) is 15.8. The second-order valence-corrected chi connectivity index (χ2v) is 7.06. The number of para-hydroxylation sites is 1. The zero-order chi connectivity index (χ0) is 20.4. The van der Waals surface area contributed by atoms with Crippen molar-refractivity contribution < 1.29 is 4.79 Å². The van der Waals surface area contributed by atoms with Crippen molar-refractivity contribution in [2.24, 2.45) is 0 Å². The first kappa shape index (κ1) is 18.8. The Morgan fingerprint density at radius 2 is 1.83 bits per heavy atom. The number of aromatic nitrogens is 2. The lowest BCUT2D eigenvalue weighted by Gasteiger charge is -2.10.